The van der Waals surface area contributed by atoms with Crippen LogP contribution in [-0.2, 0) is 11.2 Å². The largest absolute Gasteiger partial charge is 0.381 e. The molecule has 0 amide bonds. The lowest BCUT2D eigenvalue weighted by atomic mass is 10.1. The van der Waals surface area contributed by atoms with E-state index in [0.717, 1.165) is 31.6 Å². The molecule has 1 aliphatic heterocycles. The lowest BCUT2D eigenvalue weighted by Gasteiger charge is -2.00. The van der Waals surface area contributed by atoms with Crippen LogP contribution in [0.4, 0.5) is 0 Å². The molecule has 0 bridgehead atoms. The van der Waals surface area contributed by atoms with Crippen LogP contribution in [-0.4, -0.2) is 28.3 Å². The Morgan fingerprint density at radius 1 is 1.56 bits per heavy atom. The van der Waals surface area contributed by atoms with Gasteiger partial charge < -0.3 is 14.2 Å². The standard InChI is InChI=1S/C12H12N4O2/c13-5-10-4-9(6-14-10)12-15-11(16-18-12)3-8-1-2-17-7-8/h4,6,8,14H,1-3,7H2. The van der Waals surface area contributed by atoms with E-state index < -0.39 is 0 Å². The molecule has 0 spiro atoms. The van der Waals surface area contributed by atoms with Gasteiger partial charge in [0, 0.05) is 25.8 Å². The number of aromatic nitrogens is 3. The van der Waals surface area contributed by atoms with Gasteiger partial charge in [-0.1, -0.05) is 5.16 Å². The predicted molar refractivity (Wildman–Crippen MR) is 61.4 cm³/mol. The van der Waals surface area contributed by atoms with E-state index in [2.05, 4.69) is 15.1 Å². The van der Waals surface area contributed by atoms with E-state index in [1.54, 1.807) is 12.3 Å². The first-order valence-electron chi connectivity index (χ1n) is 5.84. The zero-order valence-corrected chi connectivity index (χ0v) is 9.72. The van der Waals surface area contributed by atoms with Crippen LogP contribution < -0.4 is 0 Å². The van der Waals surface area contributed by atoms with Crippen LogP contribution in [0.25, 0.3) is 11.5 Å². The first-order valence-corrected chi connectivity index (χ1v) is 5.84. The molecule has 0 aromatic carbocycles. The summed E-state index contributed by atoms with van der Waals surface area (Å²) >= 11 is 0. The number of ether oxygens (including phenoxy) is 1. The summed E-state index contributed by atoms with van der Waals surface area (Å²) in [5.41, 5.74) is 1.22. The van der Waals surface area contributed by atoms with Crippen molar-refractivity contribution >= 4 is 0 Å². The van der Waals surface area contributed by atoms with Crippen LogP contribution in [0.15, 0.2) is 16.8 Å². The Bertz CT molecular complexity index is 575. The molecule has 18 heavy (non-hydrogen) atoms. The summed E-state index contributed by atoms with van der Waals surface area (Å²) < 4.78 is 10.5. The minimum Gasteiger partial charge on any atom is -0.381 e. The maximum Gasteiger partial charge on any atom is 0.259 e. The Balaban J connectivity index is 1.74. The van der Waals surface area contributed by atoms with Crippen LogP contribution in [0.5, 0.6) is 0 Å². The van der Waals surface area contributed by atoms with Gasteiger partial charge in [0.15, 0.2) is 5.82 Å². The van der Waals surface area contributed by atoms with Crippen molar-refractivity contribution in [2.45, 2.75) is 12.8 Å². The third-order valence-electron chi connectivity index (χ3n) is 3.01. The van der Waals surface area contributed by atoms with Gasteiger partial charge in [0.05, 0.1) is 5.56 Å². The zero-order valence-electron chi connectivity index (χ0n) is 9.72. The first kappa shape index (κ1) is 11.0. The molecule has 1 aliphatic rings. The van der Waals surface area contributed by atoms with Gasteiger partial charge in [-0.05, 0) is 18.4 Å². The van der Waals surface area contributed by atoms with Crippen LogP contribution in [0.2, 0.25) is 0 Å². The highest BCUT2D eigenvalue weighted by Crippen LogP contribution is 2.21. The second kappa shape index (κ2) is 4.63. The Morgan fingerprint density at radius 3 is 3.22 bits per heavy atom. The summed E-state index contributed by atoms with van der Waals surface area (Å²) in [5, 5.41) is 12.7. The fraction of sp³-hybridized carbons (Fsp3) is 0.417. The van der Waals surface area contributed by atoms with Crippen LogP contribution >= 0.6 is 0 Å². The molecule has 3 rings (SSSR count). The average Bonchev–Trinajstić information content (AvgIpc) is 3.09. The molecular formula is C12H12N4O2. The Morgan fingerprint density at radius 2 is 2.50 bits per heavy atom. The summed E-state index contributed by atoms with van der Waals surface area (Å²) in [5.74, 6) is 1.62. The minimum atomic E-state index is 0.446. The predicted octanol–water partition coefficient (Wildman–Crippen LogP) is 1.52. The summed E-state index contributed by atoms with van der Waals surface area (Å²) in [6, 6.07) is 3.71. The quantitative estimate of drug-likeness (QED) is 0.884. The second-order valence-electron chi connectivity index (χ2n) is 4.36. The monoisotopic (exact) mass is 244 g/mol. The van der Waals surface area contributed by atoms with Gasteiger partial charge in [-0.15, -0.1) is 0 Å². The molecule has 0 radical (unpaired) electrons. The Hall–Kier alpha value is -2.13. The van der Waals surface area contributed by atoms with Crippen molar-refractivity contribution in [2.75, 3.05) is 13.2 Å². The van der Waals surface area contributed by atoms with Crippen molar-refractivity contribution in [3.05, 3.63) is 23.8 Å². The molecule has 1 unspecified atom stereocenters. The number of hydrogen-bond donors (Lipinski definition) is 1. The van der Waals surface area contributed by atoms with Gasteiger partial charge >= 0.3 is 0 Å². The number of nitrogens with one attached hydrogen (secondary N) is 1. The highest BCUT2D eigenvalue weighted by atomic mass is 16.5. The maximum atomic E-state index is 8.73. The average molecular weight is 244 g/mol. The van der Waals surface area contributed by atoms with E-state index in [4.69, 9.17) is 14.5 Å². The Labute approximate surface area is 104 Å². The van der Waals surface area contributed by atoms with E-state index in [0.29, 0.717) is 23.3 Å². The van der Waals surface area contributed by atoms with Crippen molar-refractivity contribution in [1.82, 2.24) is 15.1 Å². The number of hydrogen-bond acceptors (Lipinski definition) is 5. The summed E-state index contributed by atoms with van der Waals surface area (Å²) in [4.78, 5) is 7.16. The Kier molecular flexibility index (Phi) is 2.82. The fourth-order valence-electron chi connectivity index (χ4n) is 2.04. The third-order valence-corrected chi connectivity index (χ3v) is 3.01. The fourth-order valence-corrected chi connectivity index (χ4v) is 2.04. The van der Waals surface area contributed by atoms with E-state index >= 15 is 0 Å². The minimum absolute atomic E-state index is 0.446. The van der Waals surface area contributed by atoms with Crippen molar-refractivity contribution in [2.24, 2.45) is 5.92 Å². The number of nitriles is 1. The molecule has 0 saturated carbocycles. The van der Waals surface area contributed by atoms with Gasteiger partial charge in [-0.3, -0.25) is 0 Å². The van der Waals surface area contributed by atoms with Gasteiger partial charge in [0.25, 0.3) is 5.89 Å². The van der Waals surface area contributed by atoms with E-state index in [1.807, 2.05) is 6.07 Å². The molecule has 2 aromatic rings. The highest BCUT2D eigenvalue weighted by Gasteiger charge is 2.19. The molecule has 2 aromatic heterocycles. The zero-order chi connectivity index (χ0) is 12.4. The van der Waals surface area contributed by atoms with Crippen molar-refractivity contribution in [3.8, 4) is 17.5 Å². The summed E-state index contributed by atoms with van der Waals surface area (Å²) in [6.07, 6.45) is 3.51. The van der Waals surface area contributed by atoms with E-state index in [-0.39, 0.29) is 0 Å². The van der Waals surface area contributed by atoms with E-state index in [9.17, 15) is 0 Å². The molecule has 92 valence electrons. The molecule has 1 saturated heterocycles. The third kappa shape index (κ3) is 2.13. The van der Waals surface area contributed by atoms with Crippen molar-refractivity contribution in [3.63, 3.8) is 0 Å². The number of aromatic amines is 1. The molecule has 3 heterocycles. The summed E-state index contributed by atoms with van der Waals surface area (Å²) in [6.45, 7) is 1.59. The van der Waals surface area contributed by atoms with Gasteiger partial charge in [-0.25, -0.2) is 0 Å². The SMILES string of the molecule is N#Cc1cc(-c2nc(CC3CCOC3)no2)c[nH]1. The smallest absolute Gasteiger partial charge is 0.259 e. The van der Waals surface area contributed by atoms with Crippen molar-refractivity contribution in [1.29, 1.82) is 5.26 Å². The van der Waals surface area contributed by atoms with E-state index in [1.165, 1.54) is 0 Å². The normalized spacial score (nSPS) is 18.9. The van der Waals surface area contributed by atoms with Crippen molar-refractivity contribution < 1.29 is 9.26 Å². The lowest BCUT2D eigenvalue weighted by molar-refractivity contribution is 0.185. The first-order chi connectivity index (χ1) is 8.85. The number of nitrogens with zero attached hydrogens (tertiary/aromatic N) is 3. The molecular weight excluding hydrogens is 232 g/mol. The molecule has 1 atom stereocenters. The molecule has 1 N–H and O–H groups in total. The highest BCUT2D eigenvalue weighted by molar-refractivity contribution is 5.54. The maximum absolute atomic E-state index is 8.73. The van der Waals surface area contributed by atoms with Gasteiger partial charge in [-0.2, -0.15) is 10.2 Å². The topological polar surface area (TPSA) is 87.7 Å². The van der Waals surface area contributed by atoms with Crippen LogP contribution in [0.3, 0.4) is 0 Å². The molecule has 0 aliphatic carbocycles. The molecule has 6 nitrogen and oxygen atoms in total. The number of H-pyrrole nitrogens is 1. The van der Waals surface area contributed by atoms with Gasteiger partial charge in [0.1, 0.15) is 11.8 Å². The van der Waals surface area contributed by atoms with Crippen LogP contribution in [0.1, 0.15) is 17.9 Å². The molecule has 6 heteroatoms. The number of rotatable bonds is 3. The van der Waals surface area contributed by atoms with Gasteiger partial charge in [0.2, 0.25) is 0 Å². The lowest BCUT2D eigenvalue weighted by Crippen LogP contribution is -2.04. The summed E-state index contributed by atoms with van der Waals surface area (Å²) in [7, 11) is 0. The second-order valence-corrected chi connectivity index (χ2v) is 4.36. The molecule has 1 fully saturated rings. The van der Waals surface area contributed by atoms with Crippen LogP contribution in [0, 0.1) is 17.2 Å².